The molecule has 1 aromatic carbocycles. The van der Waals surface area contributed by atoms with Crippen molar-refractivity contribution in [1.29, 1.82) is 0 Å². The molecule has 0 heterocycles. The SMILES string of the molecule is BrCc1[c]ccc(Br)c1. The second kappa shape index (κ2) is 3.37. The van der Waals surface area contributed by atoms with Crippen LogP contribution in [0.1, 0.15) is 5.56 Å². The molecular formula is C7H5Br2. The molecule has 0 saturated heterocycles. The van der Waals surface area contributed by atoms with E-state index in [1.165, 1.54) is 5.56 Å². The maximum absolute atomic E-state index is 3.36. The third-order valence-corrected chi connectivity index (χ3v) is 2.06. The van der Waals surface area contributed by atoms with Crippen LogP contribution in [0.2, 0.25) is 0 Å². The third kappa shape index (κ3) is 2.11. The lowest BCUT2D eigenvalue weighted by molar-refractivity contribution is 1.41. The van der Waals surface area contributed by atoms with Crippen molar-refractivity contribution in [1.82, 2.24) is 0 Å². The molecule has 1 radical (unpaired) electrons. The van der Waals surface area contributed by atoms with Crippen LogP contribution in [-0.2, 0) is 5.33 Å². The summed E-state index contributed by atoms with van der Waals surface area (Å²) in [7, 11) is 0. The lowest BCUT2D eigenvalue weighted by Crippen LogP contribution is -1.74. The fourth-order valence-corrected chi connectivity index (χ4v) is 1.29. The topological polar surface area (TPSA) is 0 Å². The number of benzene rings is 1. The van der Waals surface area contributed by atoms with Crippen molar-refractivity contribution in [2.45, 2.75) is 5.33 Å². The van der Waals surface area contributed by atoms with E-state index < -0.39 is 0 Å². The molecule has 0 aliphatic rings. The minimum atomic E-state index is 0.867. The minimum Gasteiger partial charge on any atom is -0.0876 e. The van der Waals surface area contributed by atoms with E-state index in [2.05, 4.69) is 37.9 Å². The molecule has 0 amide bonds. The van der Waals surface area contributed by atoms with Gasteiger partial charge in [-0.15, -0.1) is 0 Å². The number of hydrogen-bond donors (Lipinski definition) is 0. The lowest BCUT2D eigenvalue weighted by Gasteiger charge is -1.92. The van der Waals surface area contributed by atoms with E-state index >= 15 is 0 Å². The van der Waals surface area contributed by atoms with Crippen molar-refractivity contribution in [3.63, 3.8) is 0 Å². The van der Waals surface area contributed by atoms with E-state index in [-0.39, 0.29) is 0 Å². The average molecular weight is 249 g/mol. The first-order valence-electron chi connectivity index (χ1n) is 2.55. The standard InChI is InChI=1S/C7H5Br2/c8-5-6-2-1-3-7(9)4-6/h1,3-4H,5H2. The molecule has 0 atom stereocenters. The predicted molar refractivity (Wildman–Crippen MR) is 45.6 cm³/mol. The second-order valence-corrected chi connectivity index (χ2v) is 3.14. The summed E-state index contributed by atoms with van der Waals surface area (Å²) in [5.41, 5.74) is 1.17. The Morgan fingerprint density at radius 3 is 2.78 bits per heavy atom. The summed E-state index contributed by atoms with van der Waals surface area (Å²) in [5.74, 6) is 0. The summed E-state index contributed by atoms with van der Waals surface area (Å²) in [4.78, 5) is 0. The fourth-order valence-electron chi connectivity index (χ4n) is 0.562. The highest BCUT2D eigenvalue weighted by molar-refractivity contribution is 9.10. The molecule has 0 unspecified atom stereocenters. The normalized spacial score (nSPS) is 9.56. The molecule has 0 fully saturated rings. The van der Waals surface area contributed by atoms with E-state index in [0.29, 0.717) is 0 Å². The number of hydrogen-bond acceptors (Lipinski definition) is 0. The summed E-state index contributed by atoms with van der Waals surface area (Å²) in [5, 5.41) is 0.867. The van der Waals surface area contributed by atoms with Crippen LogP contribution in [0.15, 0.2) is 22.7 Å². The zero-order valence-electron chi connectivity index (χ0n) is 4.70. The molecule has 0 aliphatic carbocycles. The molecule has 9 heavy (non-hydrogen) atoms. The summed E-state index contributed by atoms with van der Waals surface area (Å²) < 4.78 is 1.11. The maximum Gasteiger partial charge on any atom is 0.0289 e. The summed E-state index contributed by atoms with van der Waals surface area (Å²) in [6.07, 6.45) is 0. The van der Waals surface area contributed by atoms with Crippen LogP contribution in [0.25, 0.3) is 0 Å². The van der Waals surface area contributed by atoms with Gasteiger partial charge in [-0.2, -0.15) is 0 Å². The molecule has 0 N–H and O–H groups in total. The van der Waals surface area contributed by atoms with Crippen molar-refractivity contribution < 1.29 is 0 Å². The van der Waals surface area contributed by atoms with Crippen molar-refractivity contribution in [3.05, 3.63) is 34.3 Å². The molecule has 0 saturated carbocycles. The first-order valence-corrected chi connectivity index (χ1v) is 4.46. The highest BCUT2D eigenvalue weighted by Gasteiger charge is 1.88. The summed E-state index contributed by atoms with van der Waals surface area (Å²) >= 11 is 6.70. The van der Waals surface area contributed by atoms with Crippen LogP contribution in [0.4, 0.5) is 0 Å². The monoisotopic (exact) mass is 247 g/mol. The minimum absolute atomic E-state index is 0.867. The molecule has 0 aromatic heterocycles. The Hall–Kier alpha value is 0.180. The first-order chi connectivity index (χ1) is 4.33. The highest BCUT2D eigenvalue weighted by Crippen LogP contribution is 2.12. The largest absolute Gasteiger partial charge is 0.0876 e. The van der Waals surface area contributed by atoms with E-state index in [4.69, 9.17) is 0 Å². The highest BCUT2D eigenvalue weighted by atomic mass is 79.9. The lowest BCUT2D eigenvalue weighted by atomic mass is 10.2. The van der Waals surface area contributed by atoms with Gasteiger partial charge in [-0.1, -0.05) is 37.9 Å². The molecule has 47 valence electrons. The van der Waals surface area contributed by atoms with Gasteiger partial charge in [0.2, 0.25) is 0 Å². The van der Waals surface area contributed by atoms with Crippen LogP contribution in [0.3, 0.4) is 0 Å². The maximum atomic E-state index is 3.36. The van der Waals surface area contributed by atoms with E-state index in [9.17, 15) is 0 Å². The van der Waals surface area contributed by atoms with Gasteiger partial charge >= 0.3 is 0 Å². The number of rotatable bonds is 1. The Labute approximate surface area is 71.5 Å². The van der Waals surface area contributed by atoms with Crippen molar-refractivity contribution >= 4 is 31.9 Å². The second-order valence-electron chi connectivity index (χ2n) is 1.67. The van der Waals surface area contributed by atoms with Crippen molar-refractivity contribution in [2.24, 2.45) is 0 Å². The average Bonchev–Trinajstić information content (AvgIpc) is 1.88. The van der Waals surface area contributed by atoms with Gasteiger partial charge < -0.3 is 0 Å². The summed E-state index contributed by atoms with van der Waals surface area (Å²) in [6, 6.07) is 8.99. The van der Waals surface area contributed by atoms with Crippen LogP contribution in [-0.4, -0.2) is 0 Å². The molecule has 0 spiro atoms. The molecule has 1 aromatic rings. The van der Waals surface area contributed by atoms with Crippen molar-refractivity contribution in [2.75, 3.05) is 0 Å². The summed E-state index contributed by atoms with van der Waals surface area (Å²) in [6.45, 7) is 0. The van der Waals surface area contributed by atoms with Crippen LogP contribution in [0.5, 0.6) is 0 Å². The van der Waals surface area contributed by atoms with Gasteiger partial charge in [0.15, 0.2) is 0 Å². The van der Waals surface area contributed by atoms with E-state index in [0.717, 1.165) is 9.80 Å². The van der Waals surface area contributed by atoms with E-state index in [1.54, 1.807) is 0 Å². The van der Waals surface area contributed by atoms with Crippen molar-refractivity contribution in [3.8, 4) is 0 Å². The zero-order valence-corrected chi connectivity index (χ0v) is 7.87. The predicted octanol–water partition coefficient (Wildman–Crippen LogP) is 3.14. The number of halogens is 2. The Morgan fingerprint density at radius 1 is 1.56 bits per heavy atom. The smallest absolute Gasteiger partial charge is 0.0289 e. The number of alkyl halides is 1. The Kier molecular flexibility index (Phi) is 2.73. The van der Waals surface area contributed by atoms with Gasteiger partial charge in [-0.3, -0.25) is 0 Å². The van der Waals surface area contributed by atoms with Gasteiger partial charge in [-0.25, -0.2) is 0 Å². The van der Waals surface area contributed by atoms with Gasteiger partial charge in [-0.05, 0) is 23.8 Å². The molecule has 0 nitrogen and oxygen atoms in total. The molecule has 0 bridgehead atoms. The molecular weight excluding hydrogens is 244 g/mol. The first kappa shape index (κ1) is 7.29. The van der Waals surface area contributed by atoms with Gasteiger partial charge in [0, 0.05) is 9.80 Å². The van der Waals surface area contributed by atoms with Crippen LogP contribution < -0.4 is 0 Å². The van der Waals surface area contributed by atoms with Gasteiger partial charge in [0.05, 0.1) is 0 Å². The van der Waals surface area contributed by atoms with Crippen LogP contribution >= 0.6 is 31.9 Å². The quantitative estimate of drug-likeness (QED) is 0.670. The fraction of sp³-hybridized carbons (Fsp3) is 0.143. The van der Waals surface area contributed by atoms with Gasteiger partial charge in [0.25, 0.3) is 0 Å². The Bertz CT molecular complexity index is 196. The molecule has 2 heteroatoms. The van der Waals surface area contributed by atoms with E-state index in [1.807, 2.05) is 18.2 Å². The molecule has 0 aliphatic heterocycles. The third-order valence-electron chi connectivity index (χ3n) is 0.967. The van der Waals surface area contributed by atoms with Gasteiger partial charge in [0.1, 0.15) is 0 Å². The Balaban J connectivity index is 2.94. The molecule has 1 rings (SSSR count). The van der Waals surface area contributed by atoms with Crippen LogP contribution in [0, 0.1) is 6.07 Å². The Morgan fingerprint density at radius 2 is 2.33 bits per heavy atom. The zero-order chi connectivity index (χ0) is 6.69.